The molecule has 5 nitrogen and oxygen atoms in total. The number of sulfonamides is 1. The molecule has 1 aliphatic heterocycles. The molecule has 23 heavy (non-hydrogen) atoms. The van der Waals surface area contributed by atoms with E-state index < -0.39 is 21.2 Å². The van der Waals surface area contributed by atoms with Gasteiger partial charge in [-0.15, -0.1) is 0 Å². The molecular formula is C17H23NO4S. The second kappa shape index (κ2) is 7.01. The zero-order valence-electron chi connectivity index (χ0n) is 13.2. The zero-order valence-corrected chi connectivity index (χ0v) is 14.0. The lowest BCUT2D eigenvalue weighted by Crippen LogP contribution is -2.40. The van der Waals surface area contributed by atoms with Crippen molar-refractivity contribution < 1.29 is 17.9 Å². The molecule has 3 rings (SSSR count). The zero-order chi connectivity index (χ0) is 16.3. The Morgan fingerprint density at radius 2 is 1.91 bits per heavy atom. The minimum Gasteiger partial charge on any atom is -0.373 e. The fraction of sp³-hybridized carbons (Fsp3) is 0.588. The Morgan fingerprint density at radius 1 is 1.17 bits per heavy atom. The van der Waals surface area contributed by atoms with Gasteiger partial charge in [0.25, 0.3) is 0 Å². The maximum atomic E-state index is 12.3. The van der Waals surface area contributed by atoms with Crippen LogP contribution in [0, 0.1) is 0 Å². The van der Waals surface area contributed by atoms with E-state index in [1.165, 1.54) is 5.56 Å². The topological polar surface area (TPSA) is 72.5 Å². The van der Waals surface area contributed by atoms with Crippen LogP contribution >= 0.6 is 0 Å². The van der Waals surface area contributed by atoms with Gasteiger partial charge in [0.05, 0.1) is 24.4 Å². The summed E-state index contributed by atoms with van der Waals surface area (Å²) < 4.78 is 32.6. The van der Waals surface area contributed by atoms with Crippen molar-refractivity contribution in [3.05, 3.63) is 35.4 Å². The number of carbonyl (C=O) groups is 1. The SMILES string of the molecule is O=C(CC1OCCc2ccccc21)NS(=O)(=O)C1CCCCC1. The van der Waals surface area contributed by atoms with Crippen molar-refractivity contribution in [2.45, 2.75) is 56.3 Å². The number of hydrogen-bond acceptors (Lipinski definition) is 4. The summed E-state index contributed by atoms with van der Waals surface area (Å²) in [6, 6.07) is 7.86. The largest absolute Gasteiger partial charge is 0.373 e. The van der Waals surface area contributed by atoms with Gasteiger partial charge in [-0.25, -0.2) is 8.42 Å². The van der Waals surface area contributed by atoms with Gasteiger partial charge in [-0.2, -0.15) is 0 Å². The van der Waals surface area contributed by atoms with Gasteiger partial charge in [0.1, 0.15) is 0 Å². The number of carbonyl (C=O) groups excluding carboxylic acids is 1. The Kier molecular flexibility index (Phi) is 5.02. The molecule has 1 heterocycles. The van der Waals surface area contributed by atoms with Crippen molar-refractivity contribution in [2.75, 3.05) is 6.61 Å². The van der Waals surface area contributed by atoms with Gasteiger partial charge in [0, 0.05) is 0 Å². The fourth-order valence-corrected chi connectivity index (χ4v) is 4.99. The Labute approximate surface area is 137 Å². The van der Waals surface area contributed by atoms with E-state index in [4.69, 9.17) is 4.74 Å². The predicted octanol–water partition coefficient (Wildman–Crippen LogP) is 2.47. The Morgan fingerprint density at radius 3 is 2.70 bits per heavy atom. The van der Waals surface area contributed by atoms with Crippen molar-refractivity contribution in [3.63, 3.8) is 0 Å². The van der Waals surface area contributed by atoms with Crippen molar-refractivity contribution in [2.24, 2.45) is 0 Å². The molecule has 0 aromatic heterocycles. The number of benzene rings is 1. The molecule has 6 heteroatoms. The lowest BCUT2D eigenvalue weighted by atomic mass is 9.96. The van der Waals surface area contributed by atoms with Gasteiger partial charge in [0.2, 0.25) is 15.9 Å². The average molecular weight is 337 g/mol. The van der Waals surface area contributed by atoms with E-state index in [0.29, 0.717) is 19.4 Å². The quantitative estimate of drug-likeness (QED) is 0.916. The molecule has 1 saturated carbocycles. The van der Waals surface area contributed by atoms with Crippen LogP contribution in [0.2, 0.25) is 0 Å². The average Bonchev–Trinajstić information content (AvgIpc) is 2.55. The van der Waals surface area contributed by atoms with Crippen LogP contribution in [0.3, 0.4) is 0 Å². The van der Waals surface area contributed by atoms with E-state index in [1.807, 2.05) is 24.3 Å². The van der Waals surface area contributed by atoms with Gasteiger partial charge in [-0.05, 0) is 30.4 Å². The highest BCUT2D eigenvalue weighted by Gasteiger charge is 2.30. The number of fused-ring (bicyclic) bond motifs is 1. The van der Waals surface area contributed by atoms with Crippen molar-refractivity contribution >= 4 is 15.9 Å². The molecule has 0 saturated heterocycles. The highest BCUT2D eigenvalue weighted by atomic mass is 32.2. The number of amides is 1. The molecule has 1 aromatic rings. The van der Waals surface area contributed by atoms with Crippen LogP contribution in [0.25, 0.3) is 0 Å². The molecule has 0 bridgehead atoms. The van der Waals surface area contributed by atoms with Crippen LogP contribution in [0.15, 0.2) is 24.3 Å². The van der Waals surface area contributed by atoms with E-state index in [-0.39, 0.29) is 12.5 Å². The third-order valence-corrected chi connectivity index (χ3v) is 6.57. The first kappa shape index (κ1) is 16.5. The van der Waals surface area contributed by atoms with Gasteiger partial charge in [0.15, 0.2) is 0 Å². The molecular weight excluding hydrogens is 314 g/mol. The third-order valence-electron chi connectivity index (χ3n) is 4.71. The third kappa shape index (κ3) is 3.93. The normalized spacial score (nSPS) is 22.3. The minimum absolute atomic E-state index is 0.0446. The molecule has 1 aliphatic carbocycles. The monoisotopic (exact) mass is 337 g/mol. The maximum Gasteiger partial charge on any atom is 0.237 e. The molecule has 1 aromatic carbocycles. The summed E-state index contributed by atoms with van der Waals surface area (Å²) in [5.74, 6) is -0.475. The summed E-state index contributed by atoms with van der Waals surface area (Å²) in [5, 5.41) is -0.431. The van der Waals surface area contributed by atoms with Gasteiger partial charge in [-0.1, -0.05) is 43.5 Å². The number of nitrogens with one attached hydrogen (secondary N) is 1. The van der Waals surface area contributed by atoms with E-state index in [0.717, 1.165) is 31.2 Å². The molecule has 1 N–H and O–H groups in total. The molecule has 0 spiro atoms. The Balaban J connectivity index is 1.64. The molecule has 1 amide bonds. The maximum absolute atomic E-state index is 12.3. The van der Waals surface area contributed by atoms with Crippen molar-refractivity contribution in [1.82, 2.24) is 4.72 Å². The van der Waals surface area contributed by atoms with E-state index in [1.54, 1.807) is 0 Å². The van der Waals surface area contributed by atoms with E-state index in [2.05, 4.69) is 4.72 Å². The predicted molar refractivity (Wildman–Crippen MR) is 87.4 cm³/mol. The van der Waals surface area contributed by atoms with Crippen LogP contribution in [0.1, 0.15) is 55.8 Å². The minimum atomic E-state index is -3.57. The molecule has 1 unspecified atom stereocenters. The van der Waals surface area contributed by atoms with Crippen LogP contribution < -0.4 is 4.72 Å². The lowest BCUT2D eigenvalue weighted by molar-refractivity contribution is -0.122. The summed E-state index contributed by atoms with van der Waals surface area (Å²) in [5.41, 5.74) is 2.16. The van der Waals surface area contributed by atoms with Crippen molar-refractivity contribution in [3.8, 4) is 0 Å². The second-order valence-electron chi connectivity index (χ2n) is 6.34. The summed E-state index contributed by atoms with van der Waals surface area (Å²) in [6.07, 6.45) is 4.71. The molecule has 0 radical (unpaired) electrons. The summed E-state index contributed by atoms with van der Waals surface area (Å²) in [4.78, 5) is 12.2. The highest BCUT2D eigenvalue weighted by molar-refractivity contribution is 7.90. The second-order valence-corrected chi connectivity index (χ2v) is 8.30. The Bertz CT molecular complexity index is 665. The first-order valence-electron chi connectivity index (χ1n) is 8.30. The molecule has 1 atom stereocenters. The molecule has 126 valence electrons. The Hall–Kier alpha value is -1.40. The smallest absolute Gasteiger partial charge is 0.237 e. The van der Waals surface area contributed by atoms with Crippen LogP contribution in [-0.4, -0.2) is 26.2 Å². The summed E-state index contributed by atoms with van der Waals surface area (Å²) in [6.45, 7) is 0.560. The first-order valence-corrected chi connectivity index (χ1v) is 9.85. The van der Waals surface area contributed by atoms with E-state index >= 15 is 0 Å². The fourth-order valence-electron chi connectivity index (χ4n) is 3.47. The van der Waals surface area contributed by atoms with Gasteiger partial charge >= 0.3 is 0 Å². The highest BCUT2D eigenvalue weighted by Crippen LogP contribution is 2.29. The van der Waals surface area contributed by atoms with Crippen LogP contribution in [-0.2, 0) is 26.0 Å². The van der Waals surface area contributed by atoms with E-state index in [9.17, 15) is 13.2 Å². The number of rotatable bonds is 4. The number of hydrogen-bond donors (Lipinski definition) is 1. The molecule has 2 aliphatic rings. The summed E-state index contributed by atoms with van der Waals surface area (Å²) in [7, 11) is -3.57. The lowest BCUT2D eigenvalue weighted by Gasteiger charge is -2.26. The summed E-state index contributed by atoms with van der Waals surface area (Å²) >= 11 is 0. The van der Waals surface area contributed by atoms with Gasteiger partial charge in [-0.3, -0.25) is 9.52 Å². The van der Waals surface area contributed by atoms with Crippen LogP contribution in [0.5, 0.6) is 0 Å². The van der Waals surface area contributed by atoms with Crippen LogP contribution in [0.4, 0.5) is 0 Å². The van der Waals surface area contributed by atoms with Crippen molar-refractivity contribution in [1.29, 1.82) is 0 Å². The molecule has 1 fully saturated rings. The standard InChI is InChI=1S/C17H23NO4S/c19-17(18-23(20,21)14-7-2-1-3-8-14)12-16-15-9-5-4-6-13(15)10-11-22-16/h4-6,9,14,16H,1-3,7-8,10-12H2,(H,18,19). The van der Waals surface area contributed by atoms with Gasteiger partial charge < -0.3 is 4.74 Å². The number of ether oxygens (including phenoxy) is 1. The first-order chi connectivity index (χ1) is 11.1.